The molecule has 0 amide bonds. The van der Waals surface area contributed by atoms with E-state index in [2.05, 4.69) is 4.98 Å². The first kappa shape index (κ1) is 18.6. The number of pyridine rings is 1. The molecule has 2 aromatic rings. The van der Waals surface area contributed by atoms with Crippen molar-refractivity contribution in [3.05, 3.63) is 72.4 Å². The Bertz CT molecular complexity index is 1080. The average Bonchev–Trinajstić information content (AvgIpc) is 3.07. The van der Waals surface area contributed by atoms with Gasteiger partial charge in [-0.05, 0) is 37.1 Å². The molecule has 1 aliphatic carbocycles. The molecule has 1 atom stereocenters. The van der Waals surface area contributed by atoms with Crippen molar-refractivity contribution >= 4 is 20.1 Å². The van der Waals surface area contributed by atoms with E-state index in [9.17, 15) is 16.8 Å². The SMILES string of the molecule is CC1(S(=O)(=O)n2ccc(S(=O)(=O)O)c2)C=C(Cc2ccccn2)C=CC1. The lowest BCUT2D eigenvalue weighted by atomic mass is 9.94. The molecule has 7 nitrogen and oxygen atoms in total. The molecule has 9 heteroatoms. The molecule has 26 heavy (non-hydrogen) atoms. The molecule has 1 N–H and O–H groups in total. The zero-order valence-electron chi connectivity index (χ0n) is 14.0. The van der Waals surface area contributed by atoms with Crippen LogP contribution in [0.2, 0.25) is 0 Å². The predicted octanol–water partition coefficient (Wildman–Crippen LogP) is 2.20. The fourth-order valence-corrected chi connectivity index (χ4v) is 4.95. The summed E-state index contributed by atoms with van der Waals surface area (Å²) in [6.45, 7) is 1.58. The zero-order chi connectivity index (χ0) is 19.0. The quantitative estimate of drug-likeness (QED) is 0.779. The highest BCUT2D eigenvalue weighted by Gasteiger charge is 2.39. The number of rotatable bonds is 5. The zero-order valence-corrected chi connectivity index (χ0v) is 15.6. The van der Waals surface area contributed by atoms with Crippen molar-refractivity contribution in [2.24, 2.45) is 0 Å². The summed E-state index contributed by atoms with van der Waals surface area (Å²) in [6.07, 6.45) is 9.76. The smallest absolute Gasteiger partial charge is 0.282 e. The van der Waals surface area contributed by atoms with Crippen LogP contribution >= 0.6 is 0 Å². The number of nitrogens with zero attached hydrogens (tertiary/aromatic N) is 2. The van der Waals surface area contributed by atoms with E-state index in [0.717, 1.165) is 33.7 Å². The third-order valence-corrected chi connectivity index (χ3v) is 7.34. The minimum Gasteiger partial charge on any atom is -0.282 e. The molecule has 0 bridgehead atoms. The first-order valence-electron chi connectivity index (χ1n) is 7.81. The first-order valence-corrected chi connectivity index (χ1v) is 10.7. The van der Waals surface area contributed by atoms with Gasteiger partial charge < -0.3 is 0 Å². The highest BCUT2D eigenvalue weighted by Crippen LogP contribution is 2.32. The Hall–Kier alpha value is -2.23. The maximum atomic E-state index is 13.0. The van der Waals surface area contributed by atoms with Gasteiger partial charge in [-0.1, -0.05) is 24.3 Å². The standard InChI is InChI=1S/C17H18N2O5S2/c1-17(26(23,24)19-10-7-16(13-19)25(20,21)22)8-4-5-14(12-17)11-15-6-2-3-9-18-15/h2-7,9-10,12-13H,8,11H2,1H3,(H,20,21,22). The van der Waals surface area contributed by atoms with Gasteiger partial charge in [-0.2, -0.15) is 8.42 Å². The van der Waals surface area contributed by atoms with Crippen molar-refractivity contribution in [3.8, 4) is 0 Å². The van der Waals surface area contributed by atoms with E-state index in [1.165, 1.54) is 0 Å². The maximum Gasteiger partial charge on any atom is 0.296 e. The van der Waals surface area contributed by atoms with E-state index >= 15 is 0 Å². The van der Waals surface area contributed by atoms with Crippen LogP contribution in [-0.2, 0) is 26.6 Å². The van der Waals surface area contributed by atoms with E-state index in [1.54, 1.807) is 25.3 Å². The maximum absolute atomic E-state index is 13.0. The Morgan fingerprint density at radius 3 is 2.62 bits per heavy atom. The molecule has 3 rings (SSSR count). The van der Waals surface area contributed by atoms with E-state index in [1.807, 2.05) is 24.3 Å². The normalized spacial score (nSPS) is 20.8. The molecule has 0 saturated carbocycles. The second-order valence-corrected chi connectivity index (χ2v) is 10.0. The van der Waals surface area contributed by atoms with Gasteiger partial charge in [0.25, 0.3) is 10.1 Å². The van der Waals surface area contributed by atoms with Crippen molar-refractivity contribution in [1.82, 2.24) is 8.96 Å². The molecule has 0 radical (unpaired) electrons. The van der Waals surface area contributed by atoms with Gasteiger partial charge >= 0.3 is 0 Å². The molecular weight excluding hydrogens is 376 g/mol. The van der Waals surface area contributed by atoms with Crippen LogP contribution in [0.1, 0.15) is 19.0 Å². The summed E-state index contributed by atoms with van der Waals surface area (Å²) in [6, 6.07) is 6.58. The number of allylic oxidation sites excluding steroid dienone is 3. The molecule has 1 aliphatic rings. The highest BCUT2D eigenvalue weighted by molar-refractivity contribution is 7.91. The molecule has 0 fully saturated rings. The summed E-state index contributed by atoms with van der Waals surface area (Å²) in [5.74, 6) is 0. The molecule has 1 unspecified atom stereocenters. The van der Waals surface area contributed by atoms with Crippen LogP contribution in [0.15, 0.2) is 71.6 Å². The minimum atomic E-state index is -4.47. The molecular formula is C17H18N2O5S2. The Morgan fingerprint density at radius 2 is 2.00 bits per heavy atom. The second kappa shape index (κ2) is 6.49. The summed E-state index contributed by atoms with van der Waals surface area (Å²) in [5.41, 5.74) is 1.63. The average molecular weight is 394 g/mol. The third-order valence-electron chi connectivity index (χ3n) is 4.26. The third kappa shape index (κ3) is 3.50. The molecule has 138 valence electrons. The Balaban J connectivity index is 1.96. The van der Waals surface area contributed by atoms with Crippen molar-refractivity contribution in [2.45, 2.75) is 29.4 Å². The van der Waals surface area contributed by atoms with E-state index in [0.29, 0.717) is 6.42 Å². The van der Waals surface area contributed by atoms with Crippen LogP contribution in [0.3, 0.4) is 0 Å². The van der Waals surface area contributed by atoms with Gasteiger partial charge in [0, 0.05) is 30.7 Å². The molecule has 0 spiro atoms. The van der Waals surface area contributed by atoms with Crippen molar-refractivity contribution < 1.29 is 21.4 Å². The van der Waals surface area contributed by atoms with Crippen molar-refractivity contribution in [2.75, 3.05) is 0 Å². The van der Waals surface area contributed by atoms with Crippen LogP contribution in [0.4, 0.5) is 0 Å². The summed E-state index contributed by atoms with van der Waals surface area (Å²) in [7, 11) is -8.40. The fourth-order valence-electron chi connectivity index (χ4n) is 2.85. The van der Waals surface area contributed by atoms with Gasteiger partial charge in [0.05, 0.1) is 0 Å². The Morgan fingerprint density at radius 1 is 1.23 bits per heavy atom. The van der Waals surface area contributed by atoms with Gasteiger partial charge in [0.2, 0.25) is 10.0 Å². The molecule has 0 aliphatic heterocycles. The highest BCUT2D eigenvalue weighted by atomic mass is 32.2. The Labute approximate surface area is 152 Å². The number of hydrogen-bond acceptors (Lipinski definition) is 5. The fraction of sp³-hybridized carbons (Fsp3) is 0.235. The molecule has 2 heterocycles. The van der Waals surface area contributed by atoms with E-state index in [4.69, 9.17) is 4.55 Å². The van der Waals surface area contributed by atoms with Gasteiger partial charge in [-0.3, -0.25) is 13.5 Å². The van der Waals surface area contributed by atoms with Crippen LogP contribution in [0.25, 0.3) is 0 Å². The molecule has 0 aromatic carbocycles. The van der Waals surface area contributed by atoms with Crippen LogP contribution < -0.4 is 0 Å². The predicted molar refractivity (Wildman–Crippen MR) is 96.8 cm³/mol. The van der Waals surface area contributed by atoms with Crippen LogP contribution in [-0.4, -0.2) is 35.1 Å². The first-order chi connectivity index (χ1) is 12.1. The largest absolute Gasteiger partial charge is 0.296 e. The van der Waals surface area contributed by atoms with Gasteiger partial charge in [-0.15, -0.1) is 0 Å². The monoisotopic (exact) mass is 394 g/mol. The minimum absolute atomic E-state index is 0.250. The summed E-state index contributed by atoms with van der Waals surface area (Å²) >= 11 is 0. The summed E-state index contributed by atoms with van der Waals surface area (Å²) in [5, 5.41) is 0. The summed E-state index contributed by atoms with van der Waals surface area (Å²) in [4.78, 5) is 3.78. The lowest BCUT2D eigenvalue weighted by Crippen LogP contribution is -2.38. The van der Waals surface area contributed by atoms with Gasteiger partial charge in [-0.25, -0.2) is 8.42 Å². The lowest BCUT2D eigenvalue weighted by Gasteiger charge is -2.28. The van der Waals surface area contributed by atoms with E-state index in [-0.39, 0.29) is 6.42 Å². The molecule has 0 saturated heterocycles. The van der Waals surface area contributed by atoms with Gasteiger partial charge in [0.15, 0.2) is 0 Å². The Kier molecular flexibility index (Phi) is 4.63. The summed E-state index contributed by atoms with van der Waals surface area (Å²) < 4.78 is 57.2. The number of aromatic nitrogens is 2. The molecule has 2 aromatic heterocycles. The van der Waals surface area contributed by atoms with Crippen LogP contribution in [0.5, 0.6) is 0 Å². The van der Waals surface area contributed by atoms with Crippen molar-refractivity contribution in [1.29, 1.82) is 0 Å². The van der Waals surface area contributed by atoms with E-state index < -0.39 is 29.8 Å². The number of hydrogen-bond donors (Lipinski definition) is 1. The van der Waals surface area contributed by atoms with Crippen molar-refractivity contribution in [3.63, 3.8) is 0 Å². The second-order valence-electron chi connectivity index (χ2n) is 6.29. The van der Waals surface area contributed by atoms with Crippen LogP contribution in [0, 0.1) is 0 Å². The van der Waals surface area contributed by atoms with Gasteiger partial charge in [0.1, 0.15) is 9.64 Å². The topological polar surface area (TPSA) is 106 Å². The lowest BCUT2D eigenvalue weighted by molar-refractivity contribution is 0.483.